The molecular formula is C18H24N2O3S. The summed E-state index contributed by atoms with van der Waals surface area (Å²) in [6.07, 6.45) is 0.753. The van der Waals surface area contributed by atoms with Gasteiger partial charge in [-0.1, -0.05) is 12.1 Å². The van der Waals surface area contributed by atoms with Crippen molar-refractivity contribution in [3.8, 4) is 11.5 Å². The number of carbonyl (C=O) groups is 1. The molecule has 0 bridgehead atoms. The highest BCUT2D eigenvalue weighted by Crippen LogP contribution is 2.27. The maximum Gasteiger partial charge on any atom is 0.317 e. The van der Waals surface area contributed by atoms with Gasteiger partial charge in [-0.3, -0.25) is 0 Å². The van der Waals surface area contributed by atoms with E-state index in [2.05, 4.69) is 5.32 Å². The summed E-state index contributed by atoms with van der Waals surface area (Å²) in [6, 6.07) is 9.87. The smallest absolute Gasteiger partial charge is 0.317 e. The quantitative estimate of drug-likeness (QED) is 0.794. The first-order valence-corrected chi connectivity index (χ1v) is 8.82. The van der Waals surface area contributed by atoms with E-state index in [1.807, 2.05) is 47.5 Å². The van der Waals surface area contributed by atoms with Gasteiger partial charge in [-0.2, -0.15) is 0 Å². The van der Waals surface area contributed by atoms with Crippen LogP contribution in [-0.2, 0) is 13.0 Å². The lowest BCUT2D eigenvalue weighted by molar-refractivity contribution is 0.197. The van der Waals surface area contributed by atoms with Gasteiger partial charge in [0.1, 0.15) is 0 Å². The van der Waals surface area contributed by atoms with Crippen LogP contribution in [0.25, 0.3) is 0 Å². The molecule has 1 aromatic carbocycles. The predicted octanol–water partition coefficient (Wildman–Crippen LogP) is 3.54. The SMILES string of the molecule is CCNC(=O)N(CCc1ccc(OC)c(OC)c1)Cc1cccs1. The molecule has 0 aliphatic heterocycles. The third kappa shape index (κ3) is 4.89. The van der Waals surface area contributed by atoms with Crippen molar-refractivity contribution in [3.05, 3.63) is 46.2 Å². The van der Waals surface area contributed by atoms with Crippen molar-refractivity contribution >= 4 is 17.4 Å². The Kier molecular flexibility index (Phi) is 6.93. The van der Waals surface area contributed by atoms with E-state index in [1.165, 1.54) is 4.88 Å². The Labute approximate surface area is 147 Å². The number of methoxy groups -OCH3 is 2. The highest BCUT2D eigenvalue weighted by Gasteiger charge is 2.14. The zero-order chi connectivity index (χ0) is 17.4. The Bertz CT molecular complexity index is 644. The van der Waals surface area contributed by atoms with Crippen LogP contribution in [0.3, 0.4) is 0 Å². The van der Waals surface area contributed by atoms with Crippen molar-refractivity contribution in [1.29, 1.82) is 0 Å². The van der Waals surface area contributed by atoms with Gasteiger partial charge in [0.05, 0.1) is 20.8 Å². The van der Waals surface area contributed by atoms with Crippen LogP contribution in [0.4, 0.5) is 4.79 Å². The molecule has 0 atom stereocenters. The lowest BCUT2D eigenvalue weighted by atomic mass is 10.1. The van der Waals surface area contributed by atoms with Crippen LogP contribution in [0.2, 0.25) is 0 Å². The zero-order valence-corrected chi connectivity index (χ0v) is 15.2. The van der Waals surface area contributed by atoms with Gasteiger partial charge in [0.2, 0.25) is 0 Å². The van der Waals surface area contributed by atoms with E-state index in [9.17, 15) is 4.79 Å². The van der Waals surface area contributed by atoms with Crippen LogP contribution in [0.15, 0.2) is 35.7 Å². The number of ether oxygens (including phenoxy) is 2. The largest absolute Gasteiger partial charge is 0.493 e. The molecule has 0 fully saturated rings. The van der Waals surface area contributed by atoms with Crippen molar-refractivity contribution in [2.75, 3.05) is 27.3 Å². The summed E-state index contributed by atoms with van der Waals surface area (Å²) in [4.78, 5) is 15.3. The molecule has 2 amide bonds. The first kappa shape index (κ1) is 18.1. The molecule has 2 aromatic rings. The average molecular weight is 348 g/mol. The van der Waals surface area contributed by atoms with E-state index >= 15 is 0 Å². The van der Waals surface area contributed by atoms with Gasteiger partial charge in [-0.25, -0.2) is 4.79 Å². The second-order valence-corrected chi connectivity index (χ2v) is 6.31. The molecule has 1 N–H and O–H groups in total. The summed E-state index contributed by atoms with van der Waals surface area (Å²) in [6.45, 7) is 3.81. The minimum absolute atomic E-state index is 0.0358. The molecule has 0 unspecified atom stereocenters. The number of hydrogen-bond acceptors (Lipinski definition) is 4. The monoisotopic (exact) mass is 348 g/mol. The van der Waals surface area contributed by atoms with Gasteiger partial charge in [-0.05, 0) is 42.5 Å². The normalized spacial score (nSPS) is 10.3. The topological polar surface area (TPSA) is 50.8 Å². The van der Waals surface area contributed by atoms with Gasteiger partial charge in [0.15, 0.2) is 11.5 Å². The molecule has 5 nitrogen and oxygen atoms in total. The molecule has 0 saturated heterocycles. The van der Waals surface area contributed by atoms with E-state index in [4.69, 9.17) is 9.47 Å². The maximum atomic E-state index is 12.3. The number of carbonyl (C=O) groups excluding carboxylic acids is 1. The molecule has 0 spiro atoms. The minimum atomic E-state index is -0.0358. The summed E-state index contributed by atoms with van der Waals surface area (Å²) in [5, 5.41) is 4.91. The Hall–Kier alpha value is -2.21. The average Bonchev–Trinajstić information content (AvgIpc) is 3.11. The number of nitrogens with zero attached hydrogens (tertiary/aromatic N) is 1. The summed E-state index contributed by atoms with van der Waals surface area (Å²) in [7, 11) is 3.24. The van der Waals surface area contributed by atoms with Gasteiger partial charge in [0.25, 0.3) is 0 Å². The standard InChI is InChI=1S/C18H24N2O3S/c1-4-19-18(21)20(13-15-6-5-11-24-15)10-9-14-7-8-16(22-2)17(12-14)23-3/h5-8,11-12H,4,9-10,13H2,1-3H3,(H,19,21). The number of urea groups is 1. The Balaban J connectivity index is 2.05. The van der Waals surface area contributed by atoms with Crippen LogP contribution >= 0.6 is 11.3 Å². The fourth-order valence-corrected chi connectivity index (χ4v) is 3.13. The van der Waals surface area contributed by atoms with E-state index in [0.717, 1.165) is 12.0 Å². The first-order chi connectivity index (χ1) is 11.7. The van der Waals surface area contributed by atoms with Gasteiger partial charge in [0, 0.05) is 18.0 Å². The maximum absolute atomic E-state index is 12.3. The summed E-state index contributed by atoms with van der Waals surface area (Å²) < 4.78 is 10.6. The number of benzene rings is 1. The van der Waals surface area contributed by atoms with Crippen molar-refractivity contribution < 1.29 is 14.3 Å². The van der Waals surface area contributed by atoms with E-state index < -0.39 is 0 Å². The zero-order valence-electron chi connectivity index (χ0n) is 14.4. The number of thiophene rings is 1. The molecule has 0 aliphatic rings. The summed E-state index contributed by atoms with van der Waals surface area (Å²) in [5.74, 6) is 1.42. The minimum Gasteiger partial charge on any atom is -0.493 e. The molecule has 6 heteroatoms. The molecule has 0 radical (unpaired) electrons. The summed E-state index contributed by atoms with van der Waals surface area (Å²) >= 11 is 1.66. The highest BCUT2D eigenvalue weighted by molar-refractivity contribution is 7.09. The van der Waals surface area contributed by atoms with Crippen LogP contribution in [0, 0.1) is 0 Å². The van der Waals surface area contributed by atoms with Crippen LogP contribution < -0.4 is 14.8 Å². The Morgan fingerprint density at radius 2 is 2.00 bits per heavy atom. The fourth-order valence-electron chi connectivity index (χ4n) is 2.41. The molecule has 24 heavy (non-hydrogen) atoms. The van der Waals surface area contributed by atoms with E-state index in [1.54, 1.807) is 25.6 Å². The van der Waals surface area contributed by atoms with Gasteiger partial charge in [-0.15, -0.1) is 11.3 Å². The van der Waals surface area contributed by atoms with Gasteiger partial charge >= 0.3 is 6.03 Å². The van der Waals surface area contributed by atoms with Crippen molar-refractivity contribution in [2.24, 2.45) is 0 Å². The highest BCUT2D eigenvalue weighted by atomic mass is 32.1. The molecule has 130 valence electrons. The lowest BCUT2D eigenvalue weighted by Crippen LogP contribution is -2.40. The molecule has 0 saturated carbocycles. The second-order valence-electron chi connectivity index (χ2n) is 5.28. The van der Waals surface area contributed by atoms with E-state index in [-0.39, 0.29) is 6.03 Å². The number of nitrogens with one attached hydrogen (secondary N) is 1. The summed E-state index contributed by atoms with van der Waals surface area (Å²) in [5.41, 5.74) is 1.10. The number of hydrogen-bond donors (Lipinski definition) is 1. The third-order valence-electron chi connectivity index (χ3n) is 3.66. The number of rotatable bonds is 8. The Morgan fingerprint density at radius 3 is 2.62 bits per heavy atom. The van der Waals surface area contributed by atoms with Crippen molar-refractivity contribution in [1.82, 2.24) is 10.2 Å². The Morgan fingerprint density at radius 1 is 1.21 bits per heavy atom. The molecule has 1 heterocycles. The fraction of sp³-hybridized carbons (Fsp3) is 0.389. The predicted molar refractivity (Wildman–Crippen MR) is 97.1 cm³/mol. The molecule has 0 aliphatic carbocycles. The number of amides is 2. The molecule has 1 aromatic heterocycles. The van der Waals surface area contributed by atoms with Crippen molar-refractivity contribution in [2.45, 2.75) is 19.9 Å². The van der Waals surface area contributed by atoms with Gasteiger partial charge < -0.3 is 19.7 Å². The molecule has 2 rings (SSSR count). The third-order valence-corrected chi connectivity index (χ3v) is 4.52. The van der Waals surface area contributed by atoms with E-state index in [0.29, 0.717) is 31.1 Å². The second kappa shape index (κ2) is 9.17. The van der Waals surface area contributed by atoms with Crippen LogP contribution in [-0.4, -0.2) is 38.2 Å². The first-order valence-electron chi connectivity index (χ1n) is 7.94. The lowest BCUT2D eigenvalue weighted by Gasteiger charge is -2.22. The van der Waals surface area contributed by atoms with Crippen LogP contribution in [0.1, 0.15) is 17.4 Å². The van der Waals surface area contributed by atoms with Crippen LogP contribution in [0.5, 0.6) is 11.5 Å². The molecular weight excluding hydrogens is 324 g/mol. The van der Waals surface area contributed by atoms with Crippen molar-refractivity contribution in [3.63, 3.8) is 0 Å².